The Balaban J connectivity index is 1.95. The molecule has 1 amide bonds. The van der Waals surface area contributed by atoms with Crippen molar-refractivity contribution >= 4 is 23.2 Å². The molecule has 26 heavy (non-hydrogen) atoms. The number of rotatable bonds is 5. The van der Waals surface area contributed by atoms with Crippen molar-refractivity contribution in [3.05, 3.63) is 63.5 Å². The lowest BCUT2D eigenvalue weighted by Gasteiger charge is -2.25. The van der Waals surface area contributed by atoms with E-state index in [1.165, 1.54) is 23.1 Å². The third-order valence-electron chi connectivity index (χ3n) is 4.29. The van der Waals surface area contributed by atoms with Crippen LogP contribution in [0.15, 0.2) is 36.4 Å². The summed E-state index contributed by atoms with van der Waals surface area (Å²) in [4.78, 5) is 25.7. The Morgan fingerprint density at radius 1 is 1.31 bits per heavy atom. The first-order chi connectivity index (χ1) is 12.4. The number of cyclic esters (lactones) is 1. The maximum Gasteiger partial charge on any atom is 0.414 e. The fourth-order valence-electron chi connectivity index (χ4n) is 2.87. The van der Waals surface area contributed by atoms with Gasteiger partial charge in [-0.1, -0.05) is 12.1 Å². The summed E-state index contributed by atoms with van der Waals surface area (Å²) in [5, 5.41) is 11.1. The molecule has 0 unspecified atom stereocenters. The highest BCUT2D eigenvalue weighted by Gasteiger charge is 2.28. The molecule has 7 nitrogen and oxygen atoms in total. The van der Waals surface area contributed by atoms with Gasteiger partial charge in [-0.05, 0) is 30.2 Å². The number of anilines is 2. The highest BCUT2D eigenvalue weighted by molar-refractivity contribution is 5.94. The molecule has 1 aliphatic heterocycles. The van der Waals surface area contributed by atoms with Gasteiger partial charge in [-0.2, -0.15) is 0 Å². The number of halogens is 1. The van der Waals surface area contributed by atoms with Crippen LogP contribution in [0.2, 0.25) is 0 Å². The first kappa shape index (κ1) is 17.7. The fraction of sp³-hybridized carbons (Fsp3) is 0.278. The molecular formula is C18H18FN3O4. The summed E-state index contributed by atoms with van der Waals surface area (Å²) in [5.74, 6) is -0.289. The van der Waals surface area contributed by atoms with Crippen molar-refractivity contribution in [2.45, 2.75) is 13.5 Å². The molecule has 2 aromatic rings. The lowest BCUT2D eigenvalue weighted by molar-refractivity contribution is -0.384. The van der Waals surface area contributed by atoms with Gasteiger partial charge in [0.25, 0.3) is 5.69 Å². The van der Waals surface area contributed by atoms with Crippen LogP contribution < -0.4 is 9.80 Å². The number of benzene rings is 2. The lowest BCUT2D eigenvalue weighted by atomic mass is 10.1. The number of aryl methyl sites for hydroxylation is 1. The van der Waals surface area contributed by atoms with E-state index in [1.54, 1.807) is 26.1 Å². The van der Waals surface area contributed by atoms with Crippen molar-refractivity contribution in [3.63, 3.8) is 0 Å². The maximum absolute atomic E-state index is 13.8. The summed E-state index contributed by atoms with van der Waals surface area (Å²) in [6.45, 7) is 2.62. The number of nitrogens with zero attached hydrogens (tertiary/aromatic N) is 3. The summed E-state index contributed by atoms with van der Waals surface area (Å²) in [7, 11) is 1.78. The normalized spacial score (nSPS) is 13.7. The van der Waals surface area contributed by atoms with E-state index >= 15 is 0 Å². The van der Waals surface area contributed by atoms with E-state index in [0.717, 1.165) is 5.56 Å². The van der Waals surface area contributed by atoms with Crippen molar-refractivity contribution < 1.29 is 18.8 Å². The van der Waals surface area contributed by atoms with Crippen LogP contribution in [0.4, 0.5) is 26.2 Å². The van der Waals surface area contributed by atoms with Gasteiger partial charge in [0.1, 0.15) is 12.4 Å². The number of nitro groups is 1. The molecule has 0 N–H and O–H groups in total. The van der Waals surface area contributed by atoms with Crippen LogP contribution in [-0.4, -0.2) is 31.2 Å². The van der Waals surface area contributed by atoms with E-state index in [2.05, 4.69) is 0 Å². The number of carbonyl (C=O) groups excluding carboxylic acids is 1. The first-order valence-electron chi connectivity index (χ1n) is 8.05. The SMILES string of the molecule is Cc1ccc(CN(C)c2ccc([N+](=O)[O-])cc2N2CCOC2=O)cc1F. The molecule has 0 bridgehead atoms. The minimum Gasteiger partial charge on any atom is -0.447 e. The predicted molar refractivity (Wildman–Crippen MR) is 95.0 cm³/mol. The second kappa shape index (κ2) is 6.99. The zero-order valence-electron chi connectivity index (χ0n) is 14.4. The Morgan fingerprint density at radius 2 is 2.08 bits per heavy atom. The number of hydrogen-bond donors (Lipinski definition) is 0. The van der Waals surface area contributed by atoms with E-state index in [-0.39, 0.29) is 18.1 Å². The molecule has 8 heteroatoms. The molecule has 0 aromatic heterocycles. The van der Waals surface area contributed by atoms with Gasteiger partial charge in [0.15, 0.2) is 0 Å². The summed E-state index contributed by atoms with van der Waals surface area (Å²) in [5.41, 5.74) is 2.22. The number of hydrogen-bond acceptors (Lipinski definition) is 5. The number of non-ortho nitro benzene ring substituents is 1. The molecule has 0 atom stereocenters. The molecule has 1 heterocycles. The molecule has 0 aliphatic carbocycles. The molecule has 1 aliphatic rings. The number of ether oxygens (including phenoxy) is 1. The Kier molecular flexibility index (Phi) is 4.75. The minimum atomic E-state index is -0.540. The molecule has 0 saturated carbocycles. The smallest absolute Gasteiger partial charge is 0.414 e. The van der Waals surface area contributed by atoms with Gasteiger partial charge < -0.3 is 9.64 Å². The number of carbonyl (C=O) groups is 1. The Bertz CT molecular complexity index is 872. The third kappa shape index (κ3) is 3.44. The van der Waals surface area contributed by atoms with Gasteiger partial charge in [-0.25, -0.2) is 9.18 Å². The lowest BCUT2D eigenvalue weighted by Crippen LogP contribution is -2.27. The molecule has 2 aromatic carbocycles. The topological polar surface area (TPSA) is 75.9 Å². The molecule has 3 rings (SSSR count). The van der Waals surface area contributed by atoms with Gasteiger partial charge in [-0.15, -0.1) is 0 Å². The maximum atomic E-state index is 13.8. The van der Waals surface area contributed by atoms with Crippen LogP contribution >= 0.6 is 0 Å². The second-order valence-corrected chi connectivity index (χ2v) is 6.14. The summed E-state index contributed by atoms with van der Waals surface area (Å²) in [6, 6.07) is 9.31. The van der Waals surface area contributed by atoms with Crippen LogP contribution in [0.3, 0.4) is 0 Å². The molecule has 1 fully saturated rings. The van der Waals surface area contributed by atoms with E-state index in [0.29, 0.717) is 30.0 Å². The fourth-order valence-corrected chi connectivity index (χ4v) is 2.87. The van der Waals surface area contributed by atoms with Crippen molar-refractivity contribution in [2.75, 3.05) is 30.0 Å². The van der Waals surface area contributed by atoms with Crippen LogP contribution in [-0.2, 0) is 11.3 Å². The average Bonchev–Trinajstić information content (AvgIpc) is 3.03. The van der Waals surface area contributed by atoms with Crippen LogP contribution in [0, 0.1) is 22.9 Å². The Morgan fingerprint density at radius 3 is 2.69 bits per heavy atom. The van der Waals surface area contributed by atoms with E-state index < -0.39 is 11.0 Å². The van der Waals surface area contributed by atoms with E-state index in [1.807, 2.05) is 11.0 Å². The van der Waals surface area contributed by atoms with Crippen molar-refractivity contribution in [2.24, 2.45) is 0 Å². The van der Waals surface area contributed by atoms with Crippen molar-refractivity contribution in [1.29, 1.82) is 0 Å². The average molecular weight is 359 g/mol. The van der Waals surface area contributed by atoms with Gasteiger partial charge in [0.05, 0.1) is 22.8 Å². The Hall–Kier alpha value is -3.16. The summed E-state index contributed by atoms with van der Waals surface area (Å²) in [6.07, 6.45) is -0.540. The zero-order valence-corrected chi connectivity index (χ0v) is 14.4. The van der Waals surface area contributed by atoms with Gasteiger partial charge in [0.2, 0.25) is 0 Å². The molecule has 0 spiro atoms. The van der Waals surface area contributed by atoms with E-state index in [4.69, 9.17) is 4.74 Å². The second-order valence-electron chi connectivity index (χ2n) is 6.14. The standard InChI is InChI=1S/C18H18FN3O4/c1-12-3-4-13(9-15(12)19)11-20(2)16-6-5-14(22(24)25)10-17(16)21-7-8-26-18(21)23/h3-6,9-10H,7-8,11H2,1-2H3. The monoisotopic (exact) mass is 359 g/mol. The molecule has 0 radical (unpaired) electrons. The number of amides is 1. The molecule has 136 valence electrons. The zero-order chi connectivity index (χ0) is 18.8. The van der Waals surface area contributed by atoms with Gasteiger partial charge in [0, 0.05) is 25.7 Å². The van der Waals surface area contributed by atoms with Gasteiger partial charge >= 0.3 is 6.09 Å². The molecular weight excluding hydrogens is 341 g/mol. The highest BCUT2D eigenvalue weighted by atomic mass is 19.1. The number of nitro benzene ring substituents is 1. The highest BCUT2D eigenvalue weighted by Crippen LogP contribution is 2.35. The Labute approximate surface area is 149 Å². The van der Waals surface area contributed by atoms with Crippen LogP contribution in [0.25, 0.3) is 0 Å². The molecule has 1 saturated heterocycles. The predicted octanol–water partition coefficient (Wildman–Crippen LogP) is 3.64. The largest absolute Gasteiger partial charge is 0.447 e. The van der Waals surface area contributed by atoms with Gasteiger partial charge in [-0.3, -0.25) is 15.0 Å². The van der Waals surface area contributed by atoms with Crippen LogP contribution in [0.1, 0.15) is 11.1 Å². The minimum absolute atomic E-state index is 0.113. The van der Waals surface area contributed by atoms with Crippen LogP contribution in [0.5, 0.6) is 0 Å². The third-order valence-corrected chi connectivity index (χ3v) is 4.29. The summed E-state index contributed by atoms with van der Waals surface area (Å²) >= 11 is 0. The first-order valence-corrected chi connectivity index (χ1v) is 8.05. The van der Waals surface area contributed by atoms with E-state index in [9.17, 15) is 19.3 Å². The van der Waals surface area contributed by atoms with Crippen molar-refractivity contribution in [1.82, 2.24) is 0 Å². The quantitative estimate of drug-likeness (QED) is 0.602. The summed E-state index contributed by atoms with van der Waals surface area (Å²) < 4.78 is 18.7. The van der Waals surface area contributed by atoms with Crippen molar-refractivity contribution in [3.8, 4) is 0 Å².